The van der Waals surface area contributed by atoms with E-state index in [0.717, 1.165) is 66.1 Å². The predicted octanol–water partition coefficient (Wildman–Crippen LogP) is 6.84. The van der Waals surface area contributed by atoms with Crippen LogP contribution in [0.3, 0.4) is 0 Å². The molecular formula is C32H18O4. The van der Waals surface area contributed by atoms with Gasteiger partial charge in [0.2, 0.25) is 11.2 Å². The van der Waals surface area contributed by atoms with Gasteiger partial charge in [-0.2, -0.15) is 0 Å². The number of hydrogen-bond acceptors (Lipinski definition) is 4. The Labute approximate surface area is 205 Å². The van der Waals surface area contributed by atoms with Gasteiger partial charge in [-0.25, -0.2) is 0 Å². The summed E-state index contributed by atoms with van der Waals surface area (Å²) in [7, 11) is 0. The topological polar surface area (TPSA) is 58.9 Å². The van der Waals surface area contributed by atoms with Crippen molar-refractivity contribution < 1.29 is 19.7 Å². The smallest absolute Gasteiger partial charge is 0.212 e. The van der Waals surface area contributed by atoms with Crippen LogP contribution in [0.15, 0.2) is 97.1 Å². The Bertz CT molecular complexity index is 1850. The summed E-state index contributed by atoms with van der Waals surface area (Å²) in [4.78, 5) is 0. The first kappa shape index (κ1) is 18.6. The van der Waals surface area contributed by atoms with Crippen molar-refractivity contribution in [3.63, 3.8) is 0 Å². The highest BCUT2D eigenvalue weighted by atomic mass is 16.6. The van der Waals surface area contributed by atoms with Crippen LogP contribution >= 0.6 is 0 Å². The summed E-state index contributed by atoms with van der Waals surface area (Å²) in [5.74, 6) is 1.87. The SMILES string of the molecule is Oc1ccc2ccc3c(c2c1)C12Oc4ccc5ccc(O)cc5c4C1(O3)c1cccc3cccc2c13. The Balaban J connectivity index is 1.54. The van der Waals surface area contributed by atoms with Crippen LogP contribution < -0.4 is 9.47 Å². The van der Waals surface area contributed by atoms with Crippen LogP contribution in [0.1, 0.15) is 22.3 Å². The summed E-state index contributed by atoms with van der Waals surface area (Å²) < 4.78 is 14.3. The monoisotopic (exact) mass is 466 g/mol. The molecule has 0 spiro atoms. The first-order valence-corrected chi connectivity index (χ1v) is 12.0. The highest BCUT2D eigenvalue weighted by molar-refractivity contribution is 6.03. The van der Waals surface area contributed by atoms with E-state index in [1.54, 1.807) is 12.1 Å². The van der Waals surface area contributed by atoms with Gasteiger partial charge in [-0.3, -0.25) is 0 Å². The third-order valence-electron chi connectivity index (χ3n) is 8.32. The van der Waals surface area contributed by atoms with Crippen molar-refractivity contribution in [1.29, 1.82) is 0 Å². The normalized spacial score (nSPS) is 22.2. The van der Waals surface area contributed by atoms with E-state index in [1.807, 2.05) is 48.5 Å². The van der Waals surface area contributed by atoms with E-state index in [-0.39, 0.29) is 11.5 Å². The molecule has 0 saturated heterocycles. The molecule has 0 bridgehead atoms. The Morgan fingerprint density at radius 1 is 0.500 bits per heavy atom. The second-order valence-electron chi connectivity index (χ2n) is 9.96. The van der Waals surface area contributed by atoms with Gasteiger partial charge in [0, 0.05) is 11.1 Å². The fourth-order valence-electron chi connectivity index (χ4n) is 7.09. The molecule has 170 valence electrons. The Kier molecular flexibility index (Phi) is 2.97. The lowest BCUT2D eigenvalue weighted by molar-refractivity contribution is -0.00417. The lowest BCUT2D eigenvalue weighted by Crippen LogP contribution is -2.46. The van der Waals surface area contributed by atoms with Crippen LogP contribution in [-0.2, 0) is 11.2 Å². The van der Waals surface area contributed by atoms with Crippen molar-refractivity contribution in [1.82, 2.24) is 0 Å². The van der Waals surface area contributed by atoms with E-state index in [2.05, 4.69) is 36.4 Å². The average molecular weight is 466 g/mol. The van der Waals surface area contributed by atoms with Gasteiger partial charge in [0.05, 0.1) is 11.1 Å². The van der Waals surface area contributed by atoms with Crippen molar-refractivity contribution in [2.75, 3.05) is 0 Å². The lowest BCUT2D eigenvalue weighted by Gasteiger charge is -2.34. The summed E-state index contributed by atoms with van der Waals surface area (Å²) in [6, 6.07) is 31.6. The van der Waals surface area contributed by atoms with E-state index < -0.39 is 11.2 Å². The summed E-state index contributed by atoms with van der Waals surface area (Å²) in [6.45, 7) is 0. The highest BCUT2D eigenvalue weighted by Gasteiger charge is 2.74. The second-order valence-corrected chi connectivity index (χ2v) is 9.96. The molecule has 6 aromatic carbocycles. The van der Waals surface area contributed by atoms with E-state index in [4.69, 9.17) is 9.47 Å². The molecule has 2 N–H and O–H groups in total. The van der Waals surface area contributed by atoms with Gasteiger partial charge < -0.3 is 19.7 Å². The first-order valence-electron chi connectivity index (χ1n) is 12.0. The number of hydrogen-bond donors (Lipinski definition) is 2. The number of rotatable bonds is 0. The minimum atomic E-state index is -0.985. The predicted molar refractivity (Wildman–Crippen MR) is 138 cm³/mol. The number of benzene rings is 6. The zero-order valence-corrected chi connectivity index (χ0v) is 18.9. The number of ether oxygens (including phenoxy) is 2. The Hall–Kier alpha value is -4.70. The number of fused-ring (bicyclic) bond motifs is 6. The highest BCUT2D eigenvalue weighted by Crippen LogP contribution is 2.73. The molecule has 9 rings (SSSR count). The summed E-state index contributed by atoms with van der Waals surface area (Å²) >= 11 is 0. The summed E-state index contributed by atoms with van der Waals surface area (Å²) in [5, 5.41) is 27.1. The molecular weight excluding hydrogens is 448 g/mol. The molecule has 4 heteroatoms. The molecule has 2 unspecified atom stereocenters. The van der Waals surface area contributed by atoms with E-state index in [0.29, 0.717) is 0 Å². The molecule has 3 aliphatic rings. The maximum atomic E-state index is 10.5. The van der Waals surface area contributed by atoms with Gasteiger partial charge in [0.15, 0.2) is 0 Å². The Morgan fingerprint density at radius 3 is 1.47 bits per heavy atom. The van der Waals surface area contributed by atoms with Crippen LogP contribution in [0.2, 0.25) is 0 Å². The fraction of sp³-hybridized carbons (Fsp3) is 0.0625. The van der Waals surface area contributed by atoms with Crippen molar-refractivity contribution in [2.24, 2.45) is 0 Å². The molecule has 2 aliphatic heterocycles. The quantitative estimate of drug-likeness (QED) is 0.257. The van der Waals surface area contributed by atoms with Crippen LogP contribution in [0.25, 0.3) is 32.3 Å². The average Bonchev–Trinajstić information content (AvgIpc) is 3.43. The number of aromatic hydroxyl groups is 2. The minimum absolute atomic E-state index is 0.199. The molecule has 0 aromatic heterocycles. The zero-order chi connectivity index (χ0) is 23.8. The second kappa shape index (κ2) is 5.74. The van der Waals surface area contributed by atoms with E-state index >= 15 is 0 Å². The van der Waals surface area contributed by atoms with Crippen LogP contribution in [0.5, 0.6) is 23.0 Å². The van der Waals surface area contributed by atoms with Gasteiger partial charge in [-0.1, -0.05) is 60.7 Å². The number of phenolic OH excluding ortho intramolecular Hbond substituents is 2. The van der Waals surface area contributed by atoms with E-state index in [1.165, 1.54) is 0 Å². The fourth-order valence-corrected chi connectivity index (χ4v) is 7.09. The molecule has 2 atom stereocenters. The van der Waals surface area contributed by atoms with Crippen LogP contribution in [0, 0.1) is 0 Å². The molecule has 4 nitrogen and oxygen atoms in total. The molecule has 36 heavy (non-hydrogen) atoms. The third kappa shape index (κ3) is 1.80. The van der Waals surface area contributed by atoms with Gasteiger partial charge >= 0.3 is 0 Å². The molecule has 1 aliphatic carbocycles. The first-order chi connectivity index (χ1) is 17.6. The third-order valence-corrected chi connectivity index (χ3v) is 8.32. The maximum absolute atomic E-state index is 10.5. The minimum Gasteiger partial charge on any atom is -0.508 e. The van der Waals surface area contributed by atoms with Gasteiger partial charge in [-0.15, -0.1) is 0 Å². The van der Waals surface area contributed by atoms with Gasteiger partial charge in [-0.05, 0) is 68.7 Å². The van der Waals surface area contributed by atoms with Crippen molar-refractivity contribution >= 4 is 32.3 Å². The number of phenols is 2. The van der Waals surface area contributed by atoms with Crippen LogP contribution in [0.4, 0.5) is 0 Å². The molecule has 2 heterocycles. The van der Waals surface area contributed by atoms with Gasteiger partial charge in [0.25, 0.3) is 0 Å². The molecule has 0 fully saturated rings. The van der Waals surface area contributed by atoms with Crippen molar-refractivity contribution in [3.05, 3.63) is 119 Å². The largest absolute Gasteiger partial charge is 0.508 e. The lowest BCUT2D eigenvalue weighted by atomic mass is 9.73. The Morgan fingerprint density at radius 2 is 0.972 bits per heavy atom. The van der Waals surface area contributed by atoms with Gasteiger partial charge in [0.1, 0.15) is 23.0 Å². The maximum Gasteiger partial charge on any atom is 0.212 e. The molecule has 6 aromatic rings. The van der Waals surface area contributed by atoms with Crippen molar-refractivity contribution in [2.45, 2.75) is 11.2 Å². The summed E-state index contributed by atoms with van der Waals surface area (Å²) in [6.07, 6.45) is 0. The molecule has 0 saturated carbocycles. The summed E-state index contributed by atoms with van der Waals surface area (Å²) in [5.41, 5.74) is 1.97. The standard InChI is InChI=1S/C32H18O4/c33-20-11-7-17-9-13-26-29(22(17)15-20)31-24-5-1-3-19-4-2-6-25(28(19)24)32(31,36-26)30-23-16-21(34)12-8-18(23)10-14-27(30)35-31/h1-16,33-34H. The van der Waals surface area contributed by atoms with Crippen molar-refractivity contribution in [3.8, 4) is 23.0 Å². The van der Waals surface area contributed by atoms with Crippen LogP contribution in [-0.4, -0.2) is 10.2 Å². The molecule has 0 radical (unpaired) electrons. The van der Waals surface area contributed by atoms with E-state index in [9.17, 15) is 10.2 Å². The molecule has 0 amide bonds. The zero-order valence-electron chi connectivity index (χ0n) is 18.9.